The number of esters is 2. The van der Waals surface area contributed by atoms with Crippen molar-refractivity contribution >= 4 is 11.9 Å². The van der Waals surface area contributed by atoms with Crippen LogP contribution in [0.2, 0.25) is 0 Å². The second-order valence-electron chi connectivity index (χ2n) is 5.26. The molecule has 0 aliphatic heterocycles. The van der Waals surface area contributed by atoms with E-state index in [9.17, 15) is 9.59 Å². The molecule has 0 saturated heterocycles. The zero-order valence-electron chi connectivity index (χ0n) is 13.8. The van der Waals surface area contributed by atoms with Crippen LogP contribution in [-0.2, 0) is 9.47 Å². The predicted octanol–water partition coefficient (Wildman–Crippen LogP) is 4.38. The smallest absolute Gasteiger partial charge is 0.339 e. The first kappa shape index (κ1) is 18.2. The molecular weight excluding hydrogens is 280 g/mol. The number of rotatable bonds is 9. The van der Waals surface area contributed by atoms with Crippen LogP contribution in [0, 0.1) is 0 Å². The van der Waals surface area contributed by atoms with Gasteiger partial charge in [-0.1, -0.05) is 45.7 Å². The molecule has 0 amide bonds. The minimum atomic E-state index is -0.468. The SMILES string of the molecule is CCCCOC(=O)c1ccccc1C(=O)OC(CC)CCC. The van der Waals surface area contributed by atoms with Gasteiger partial charge >= 0.3 is 11.9 Å². The molecule has 0 spiro atoms. The molecule has 22 heavy (non-hydrogen) atoms. The van der Waals surface area contributed by atoms with Gasteiger partial charge in [-0.3, -0.25) is 0 Å². The summed E-state index contributed by atoms with van der Waals surface area (Å²) in [5.74, 6) is -0.923. The molecule has 1 atom stereocenters. The van der Waals surface area contributed by atoms with E-state index < -0.39 is 11.9 Å². The Morgan fingerprint density at radius 3 is 2.18 bits per heavy atom. The Kier molecular flexibility index (Phi) is 8.26. The van der Waals surface area contributed by atoms with Crippen LogP contribution >= 0.6 is 0 Å². The number of ether oxygens (including phenoxy) is 2. The Bertz CT molecular complexity index is 482. The normalized spacial score (nSPS) is 11.8. The summed E-state index contributed by atoms with van der Waals surface area (Å²) < 4.78 is 10.7. The van der Waals surface area contributed by atoms with E-state index >= 15 is 0 Å². The van der Waals surface area contributed by atoms with Gasteiger partial charge in [0, 0.05) is 0 Å². The number of unbranched alkanes of at least 4 members (excludes halogenated alkanes) is 1. The summed E-state index contributed by atoms with van der Waals surface area (Å²) in [5, 5.41) is 0. The Labute approximate surface area is 132 Å². The van der Waals surface area contributed by atoms with Gasteiger partial charge in [0.15, 0.2) is 0 Å². The summed E-state index contributed by atoms with van der Waals surface area (Å²) in [4.78, 5) is 24.4. The first-order valence-corrected chi connectivity index (χ1v) is 8.11. The standard InChI is InChI=1S/C18H26O4/c1-4-7-13-21-17(19)15-11-8-9-12-16(15)18(20)22-14(6-3)10-5-2/h8-9,11-12,14H,4-7,10,13H2,1-3H3. The third-order valence-corrected chi connectivity index (χ3v) is 3.44. The molecule has 0 aliphatic carbocycles. The average Bonchev–Trinajstić information content (AvgIpc) is 2.54. The van der Waals surface area contributed by atoms with Crippen molar-refractivity contribution in [3.8, 4) is 0 Å². The van der Waals surface area contributed by atoms with Crippen molar-refractivity contribution in [3.63, 3.8) is 0 Å². The van der Waals surface area contributed by atoms with Crippen molar-refractivity contribution in [2.45, 2.75) is 59.0 Å². The average molecular weight is 306 g/mol. The van der Waals surface area contributed by atoms with Crippen LogP contribution in [-0.4, -0.2) is 24.6 Å². The lowest BCUT2D eigenvalue weighted by atomic mass is 10.1. The fourth-order valence-corrected chi connectivity index (χ4v) is 2.11. The molecule has 0 bridgehead atoms. The van der Waals surface area contributed by atoms with Gasteiger partial charge in [0.05, 0.1) is 17.7 Å². The van der Waals surface area contributed by atoms with Crippen LogP contribution in [0.3, 0.4) is 0 Å². The van der Waals surface area contributed by atoms with Crippen molar-refractivity contribution in [2.24, 2.45) is 0 Å². The third kappa shape index (κ3) is 5.51. The molecule has 4 nitrogen and oxygen atoms in total. The third-order valence-electron chi connectivity index (χ3n) is 3.44. The molecule has 0 N–H and O–H groups in total. The van der Waals surface area contributed by atoms with E-state index in [0.29, 0.717) is 6.61 Å². The summed E-state index contributed by atoms with van der Waals surface area (Å²) in [7, 11) is 0. The molecule has 0 aromatic heterocycles. The molecule has 0 fully saturated rings. The van der Waals surface area contributed by atoms with Crippen LogP contribution in [0.5, 0.6) is 0 Å². The fourth-order valence-electron chi connectivity index (χ4n) is 2.11. The van der Waals surface area contributed by atoms with Gasteiger partial charge in [-0.05, 0) is 31.4 Å². The molecule has 1 unspecified atom stereocenters. The zero-order chi connectivity index (χ0) is 16.4. The van der Waals surface area contributed by atoms with Crippen LogP contribution < -0.4 is 0 Å². The molecule has 0 radical (unpaired) electrons. The molecule has 122 valence electrons. The fraction of sp³-hybridized carbons (Fsp3) is 0.556. The van der Waals surface area contributed by atoms with Gasteiger partial charge in [0.2, 0.25) is 0 Å². The quantitative estimate of drug-likeness (QED) is 0.502. The van der Waals surface area contributed by atoms with Gasteiger partial charge < -0.3 is 9.47 Å². The highest BCUT2D eigenvalue weighted by atomic mass is 16.5. The van der Waals surface area contributed by atoms with Gasteiger partial charge in [0.1, 0.15) is 6.10 Å². The van der Waals surface area contributed by atoms with E-state index in [2.05, 4.69) is 6.92 Å². The molecular formula is C18H26O4. The molecule has 0 saturated carbocycles. The van der Waals surface area contributed by atoms with Crippen molar-refractivity contribution in [1.82, 2.24) is 0 Å². The Morgan fingerprint density at radius 2 is 1.64 bits per heavy atom. The summed E-state index contributed by atoms with van der Waals surface area (Å²) in [6.07, 6.45) is 4.20. The number of benzene rings is 1. The summed E-state index contributed by atoms with van der Waals surface area (Å²) in [5.41, 5.74) is 0.550. The van der Waals surface area contributed by atoms with Crippen LogP contribution in [0.25, 0.3) is 0 Å². The molecule has 0 heterocycles. The first-order chi connectivity index (χ1) is 10.6. The van der Waals surface area contributed by atoms with E-state index in [-0.39, 0.29) is 17.2 Å². The zero-order valence-corrected chi connectivity index (χ0v) is 13.8. The molecule has 1 aromatic rings. The van der Waals surface area contributed by atoms with Crippen molar-refractivity contribution < 1.29 is 19.1 Å². The highest BCUT2D eigenvalue weighted by molar-refractivity contribution is 6.03. The van der Waals surface area contributed by atoms with Gasteiger partial charge in [-0.15, -0.1) is 0 Å². The van der Waals surface area contributed by atoms with E-state index in [1.165, 1.54) is 0 Å². The second kappa shape index (κ2) is 9.98. The topological polar surface area (TPSA) is 52.6 Å². The molecule has 0 aliphatic rings. The molecule has 1 aromatic carbocycles. The second-order valence-corrected chi connectivity index (χ2v) is 5.26. The highest BCUT2D eigenvalue weighted by Crippen LogP contribution is 2.15. The van der Waals surface area contributed by atoms with Crippen LogP contribution in [0.4, 0.5) is 0 Å². The maximum Gasteiger partial charge on any atom is 0.339 e. The lowest BCUT2D eigenvalue weighted by molar-refractivity contribution is 0.0262. The number of carbonyl (C=O) groups excluding carboxylic acids is 2. The van der Waals surface area contributed by atoms with Crippen molar-refractivity contribution in [1.29, 1.82) is 0 Å². The maximum atomic E-state index is 12.3. The number of carbonyl (C=O) groups is 2. The summed E-state index contributed by atoms with van der Waals surface area (Å²) >= 11 is 0. The van der Waals surface area contributed by atoms with E-state index in [1.54, 1.807) is 24.3 Å². The number of hydrogen-bond donors (Lipinski definition) is 0. The Morgan fingerprint density at radius 1 is 1.00 bits per heavy atom. The van der Waals surface area contributed by atoms with Gasteiger partial charge in [-0.25, -0.2) is 9.59 Å². The number of hydrogen-bond acceptors (Lipinski definition) is 4. The van der Waals surface area contributed by atoms with Crippen molar-refractivity contribution in [3.05, 3.63) is 35.4 Å². The minimum absolute atomic E-state index is 0.110. The predicted molar refractivity (Wildman–Crippen MR) is 86.0 cm³/mol. The maximum absolute atomic E-state index is 12.3. The molecule has 1 rings (SSSR count). The molecule has 4 heteroatoms. The summed E-state index contributed by atoms with van der Waals surface area (Å²) in [6.45, 7) is 6.43. The Balaban J connectivity index is 2.81. The van der Waals surface area contributed by atoms with Crippen LogP contribution in [0.1, 0.15) is 73.6 Å². The monoisotopic (exact) mass is 306 g/mol. The van der Waals surface area contributed by atoms with Crippen molar-refractivity contribution in [2.75, 3.05) is 6.61 Å². The van der Waals surface area contributed by atoms with Crippen LogP contribution in [0.15, 0.2) is 24.3 Å². The Hall–Kier alpha value is -1.84. The largest absolute Gasteiger partial charge is 0.462 e. The summed E-state index contributed by atoms with van der Waals surface area (Å²) in [6, 6.07) is 6.65. The lowest BCUT2D eigenvalue weighted by Crippen LogP contribution is -2.20. The van der Waals surface area contributed by atoms with E-state index in [4.69, 9.17) is 9.47 Å². The van der Waals surface area contributed by atoms with E-state index in [0.717, 1.165) is 32.1 Å². The van der Waals surface area contributed by atoms with Gasteiger partial charge in [-0.2, -0.15) is 0 Å². The minimum Gasteiger partial charge on any atom is -0.462 e. The first-order valence-electron chi connectivity index (χ1n) is 8.11. The highest BCUT2D eigenvalue weighted by Gasteiger charge is 2.21. The van der Waals surface area contributed by atoms with E-state index in [1.807, 2.05) is 13.8 Å². The van der Waals surface area contributed by atoms with Gasteiger partial charge in [0.25, 0.3) is 0 Å². The lowest BCUT2D eigenvalue weighted by Gasteiger charge is -2.16.